The van der Waals surface area contributed by atoms with Crippen LogP contribution in [0.25, 0.3) is 0 Å². The molecule has 0 fully saturated rings. The van der Waals surface area contributed by atoms with E-state index in [0.29, 0.717) is 6.42 Å². The van der Waals surface area contributed by atoms with Gasteiger partial charge in [0, 0.05) is 12.4 Å². The van der Waals surface area contributed by atoms with E-state index in [9.17, 15) is 5.11 Å². The predicted molar refractivity (Wildman–Crippen MR) is 44.2 cm³/mol. The number of hydrogen-bond donors (Lipinski definition) is 1. The summed E-state index contributed by atoms with van der Waals surface area (Å²) in [6.45, 7) is 5.40. The molecule has 0 rings (SSSR count). The van der Waals surface area contributed by atoms with Gasteiger partial charge in [0.05, 0.1) is 5.60 Å². The van der Waals surface area contributed by atoms with E-state index in [-0.39, 0.29) is 0 Å². The Balaban J connectivity index is 3.54. The molecule has 1 N–H and O–H groups in total. The van der Waals surface area contributed by atoms with E-state index in [0.717, 1.165) is 0 Å². The van der Waals surface area contributed by atoms with Crippen molar-refractivity contribution in [1.82, 2.24) is 0 Å². The number of hydrogen-bond acceptors (Lipinski definition) is 2. The highest BCUT2D eigenvalue weighted by molar-refractivity contribution is 5.54. The third-order valence-corrected chi connectivity index (χ3v) is 0.958. The molecule has 0 radical (unpaired) electrons. The quantitative estimate of drug-likeness (QED) is 0.597. The van der Waals surface area contributed by atoms with Crippen LogP contribution in [0.3, 0.4) is 0 Å². The van der Waals surface area contributed by atoms with Crippen LogP contribution < -0.4 is 0 Å². The highest BCUT2D eigenvalue weighted by Crippen LogP contribution is 2.06. The summed E-state index contributed by atoms with van der Waals surface area (Å²) in [4.78, 5) is 3.86. The molecule has 0 aliphatic heterocycles. The molecule has 0 aliphatic rings. The molecular formula is C8H15NO. The van der Waals surface area contributed by atoms with Gasteiger partial charge in [-0.2, -0.15) is 0 Å². The van der Waals surface area contributed by atoms with Crippen molar-refractivity contribution in [1.29, 1.82) is 0 Å². The molecule has 0 aromatic heterocycles. The summed E-state index contributed by atoms with van der Waals surface area (Å²) >= 11 is 0. The zero-order chi connectivity index (χ0) is 8.04. The minimum absolute atomic E-state index is 0.611. The van der Waals surface area contributed by atoms with Crippen molar-refractivity contribution in [3.8, 4) is 0 Å². The third-order valence-electron chi connectivity index (χ3n) is 0.958. The van der Waals surface area contributed by atoms with Gasteiger partial charge in [-0.1, -0.05) is 6.08 Å². The number of rotatable bonds is 3. The fourth-order valence-corrected chi connectivity index (χ4v) is 0.488. The zero-order valence-electron chi connectivity index (χ0n) is 6.83. The molecule has 0 saturated heterocycles. The van der Waals surface area contributed by atoms with Crippen LogP contribution >= 0.6 is 0 Å². The lowest BCUT2D eigenvalue weighted by molar-refractivity contribution is 0.0838. The van der Waals surface area contributed by atoms with Crippen molar-refractivity contribution >= 4 is 6.21 Å². The van der Waals surface area contributed by atoms with Crippen molar-refractivity contribution in [3.63, 3.8) is 0 Å². The van der Waals surface area contributed by atoms with Crippen LogP contribution in [0, 0.1) is 0 Å². The lowest BCUT2D eigenvalue weighted by Gasteiger charge is -2.12. The van der Waals surface area contributed by atoms with Crippen LogP contribution in [0.2, 0.25) is 0 Å². The van der Waals surface area contributed by atoms with E-state index in [1.807, 2.05) is 13.0 Å². The first kappa shape index (κ1) is 9.37. The Morgan fingerprint density at radius 1 is 1.50 bits per heavy atom. The van der Waals surface area contributed by atoms with Gasteiger partial charge in [0.15, 0.2) is 0 Å². The molecule has 0 saturated carbocycles. The first-order valence-corrected chi connectivity index (χ1v) is 3.41. The summed E-state index contributed by atoms with van der Waals surface area (Å²) in [6.07, 6.45) is 5.89. The van der Waals surface area contributed by atoms with Gasteiger partial charge in [0.1, 0.15) is 0 Å². The lowest BCUT2D eigenvalue weighted by atomic mass is 10.1. The largest absolute Gasteiger partial charge is 0.390 e. The summed E-state index contributed by atoms with van der Waals surface area (Å²) < 4.78 is 0. The molecule has 0 aliphatic carbocycles. The fourth-order valence-electron chi connectivity index (χ4n) is 0.488. The molecule has 0 aromatic rings. The second kappa shape index (κ2) is 4.23. The fraction of sp³-hybridized carbons (Fsp3) is 0.625. The minimum atomic E-state index is -0.611. The summed E-state index contributed by atoms with van der Waals surface area (Å²) in [5, 5.41) is 9.21. The molecule has 2 heteroatoms. The van der Waals surface area contributed by atoms with E-state index in [1.54, 1.807) is 26.3 Å². The molecule has 0 bridgehead atoms. The second-order valence-corrected chi connectivity index (χ2v) is 2.81. The van der Waals surface area contributed by atoms with Crippen LogP contribution in [0.4, 0.5) is 0 Å². The smallest absolute Gasteiger partial charge is 0.0626 e. The first-order valence-electron chi connectivity index (χ1n) is 3.41. The van der Waals surface area contributed by atoms with Gasteiger partial charge in [-0.25, -0.2) is 0 Å². The van der Waals surface area contributed by atoms with Crippen molar-refractivity contribution in [2.45, 2.75) is 32.8 Å². The molecule has 0 atom stereocenters. The molecule has 0 spiro atoms. The molecule has 2 nitrogen and oxygen atoms in total. The van der Waals surface area contributed by atoms with E-state index in [4.69, 9.17) is 0 Å². The highest BCUT2D eigenvalue weighted by atomic mass is 16.3. The molecule has 0 aromatic carbocycles. The molecule has 10 heavy (non-hydrogen) atoms. The van der Waals surface area contributed by atoms with Gasteiger partial charge >= 0.3 is 0 Å². The molecular weight excluding hydrogens is 126 g/mol. The van der Waals surface area contributed by atoms with Crippen LogP contribution in [0.1, 0.15) is 27.2 Å². The van der Waals surface area contributed by atoms with E-state index >= 15 is 0 Å². The average molecular weight is 141 g/mol. The monoisotopic (exact) mass is 141 g/mol. The maximum atomic E-state index is 9.21. The van der Waals surface area contributed by atoms with Crippen LogP contribution in [-0.2, 0) is 0 Å². The number of aliphatic imine (C=N–C) groups is 1. The average Bonchev–Trinajstić information content (AvgIpc) is 1.78. The Kier molecular flexibility index (Phi) is 3.96. The highest BCUT2D eigenvalue weighted by Gasteiger charge is 2.08. The van der Waals surface area contributed by atoms with Crippen LogP contribution in [0.15, 0.2) is 17.3 Å². The van der Waals surface area contributed by atoms with E-state index in [1.165, 1.54) is 0 Å². The van der Waals surface area contributed by atoms with Gasteiger partial charge in [0.25, 0.3) is 0 Å². The SMILES string of the molecule is CC=N/C=C\CC(C)(C)O. The zero-order valence-corrected chi connectivity index (χ0v) is 6.83. The normalized spacial score (nSPS) is 13.6. The Bertz CT molecular complexity index is 131. The lowest BCUT2D eigenvalue weighted by Crippen LogP contribution is -2.16. The van der Waals surface area contributed by atoms with E-state index in [2.05, 4.69) is 4.99 Å². The Morgan fingerprint density at radius 3 is 2.50 bits per heavy atom. The van der Waals surface area contributed by atoms with Gasteiger partial charge in [0.2, 0.25) is 0 Å². The standard InChI is InChI=1S/C8H15NO/c1-4-9-7-5-6-8(2,3)10/h4-5,7,10H,6H2,1-3H3/b7-5-,9-4?. The van der Waals surface area contributed by atoms with Crippen molar-refractivity contribution in [3.05, 3.63) is 12.3 Å². The molecule has 0 amide bonds. The van der Waals surface area contributed by atoms with Gasteiger partial charge in [-0.15, -0.1) is 0 Å². The summed E-state index contributed by atoms with van der Waals surface area (Å²) in [5.74, 6) is 0. The van der Waals surface area contributed by atoms with Crippen LogP contribution in [-0.4, -0.2) is 16.9 Å². The van der Waals surface area contributed by atoms with Crippen molar-refractivity contribution in [2.75, 3.05) is 0 Å². The van der Waals surface area contributed by atoms with Gasteiger partial charge < -0.3 is 5.11 Å². The number of nitrogens with zero attached hydrogens (tertiary/aromatic N) is 1. The number of aliphatic hydroxyl groups is 1. The minimum Gasteiger partial charge on any atom is -0.390 e. The third kappa shape index (κ3) is 7.37. The maximum Gasteiger partial charge on any atom is 0.0626 e. The van der Waals surface area contributed by atoms with E-state index < -0.39 is 5.60 Å². The molecule has 0 heterocycles. The Labute approximate surface area is 62.3 Å². The topological polar surface area (TPSA) is 32.6 Å². The Hall–Kier alpha value is -0.630. The maximum absolute atomic E-state index is 9.21. The molecule has 0 unspecified atom stereocenters. The summed E-state index contributed by atoms with van der Waals surface area (Å²) in [5.41, 5.74) is -0.611. The summed E-state index contributed by atoms with van der Waals surface area (Å²) in [7, 11) is 0. The first-order chi connectivity index (χ1) is 4.56. The van der Waals surface area contributed by atoms with Gasteiger partial charge in [-0.3, -0.25) is 4.99 Å². The van der Waals surface area contributed by atoms with Crippen molar-refractivity contribution in [2.24, 2.45) is 4.99 Å². The molecule has 58 valence electrons. The van der Waals surface area contributed by atoms with Gasteiger partial charge in [-0.05, 0) is 27.2 Å². The second-order valence-electron chi connectivity index (χ2n) is 2.81. The predicted octanol–water partition coefficient (Wildman–Crippen LogP) is 1.75. The Morgan fingerprint density at radius 2 is 2.10 bits per heavy atom. The summed E-state index contributed by atoms with van der Waals surface area (Å²) in [6, 6.07) is 0. The van der Waals surface area contributed by atoms with Crippen LogP contribution in [0.5, 0.6) is 0 Å². The van der Waals surface area contributed by atoms with Crippen molar-refractivity contribution < 1.29 is 5.11 Å².